The van der Waals surface area contributed by atoms with Gasteiger partial charge in [-0.25, -0.2) is 0 Å². The van der Waals surface area contributed by atoms with Gasteiger partial charge < -0.3 is 9.84 Å². The summed E-state index contributed by atoms with van der Waals surface area (Å²) in [7, 11) is 3.62. The maximum Gasteiger partial charge on any atom is 0.163 e. The topological polar surface area (TPSA) is 29.5 Å². The van der Waals surface area contributed by atoms with Crippen molar-refractivity contribution in [3.63, 3.8) is 0 Å². The van der Waals surface area contributed by atoms with E-state index in [1.54, 1.807) is 13.2 Å². The largest absolute Gasteiger partial charge is 0.504 e. The van der Waals surface area contributed by atoms with E-state index in [4.69, 9.17) is 4.74 Å². The Labute approximate surface area is 73.6 Å². The van der Waals surface area contributed by atoms with Crippen LogP contribution in [0.15, 0.2) is 12.1 Å². The van der Waals surface area contributed by atoms with Crippen LogP contribution in [0.5, 0.6) is 11.5 Å². The number of hydrogen-bond acceptors (Lipinski definition) is 2. The van der Waals surface area contributed by atoms with Gasteiger partial charge in [0.1, 0.15) is 7.85 Å². The van der Waals surface area contributed by atoms with E-state index in [0.29, 0.717) is 5.75 Å². The second-order valence-electron chi connectivity index (χ2n) is 2.82. The second kappa shape index (κ2) is 3.52. The number of aromatic hydroxyl groups is 1. The number of phenols is 1. The van der Waals surface area contributed by atoms with E-state index in [2.05, 4.69) is 7.85 Å². The third kappa shape index (κ3) is 1.55. The van der Waals surface area contributed by atoms with Crippen LogP contribution < -0.4 is 4.74 Å². The summed E-state index contributed by atoms with van der Waals surface area (Å²) in [6, 6.07) is 3.77. The Bertz CT molecular complexity index is 261. The Kier molecular flexibility index (Phi) is 2.63. The predicted molar refractivity (Wildman–Crippen MR) is 51.6 cm³/mol. The van der Waals surface area contributed by atoms with Crippen molar-refractivity contribution in [2.45, 2.75) is 13.2 Å². The Hall–Kier alpha value is -1.12. The maximum atomic E-state index is 9.48. The van der Waals surface area contributed by atoms with Gasteiger partial charge in [-0.05, 0) is 18.6 Å². The minimum absolute atomic E-state index is 0.231. The minimum Gasteiger partial charge on any atom is -0.504 e. The van der Waals surface area contributed by atoms with Crippen LogP contribution in [0.3, 0.4) is 0 Å². The lowest BCUT2D eigenvalue weighted by Crippen LogP contribution is -1.91. The highest BCUT2D eigenvalue weighted by Gasteiger charge is 2.05. The predicted octanol–water partition coefficient (Wildman–Crippen LogP) is 0.842. The monoisotopic (exact) mass is 164 g/mol. The molecule has 0 spiro atoms. The molecule has 0 aliphatic heterocycles. The van der Waals surface area contributed by atoms with Crippen molar-refractivity contribution < 1.29 is 9.84 Å². The molecule has 1 aromatic carbocycles. The first-order valence-electron chi connectivity index (χ1n) is 4.05. The van der Waals surface area contributed by atoms with E-state index in [0.717, 1.165) is 17.4 Å². The Morgan fingerprint density at radius 3 is 2.58 bits per heavy atom. The fourth-order valence-electron chi connectivity index (χ4n) is 1.30. The fourth-order valence-corrected chi connectivity index (χ4v) is 1.30. The number of methoxy groups -OCH3 is 1. The summed E-state index contributed by atoms with van der Waals surface area (Å²) >= 11 is 0. The van der Waals surface area contributed by atoms with Crippen LogP contribution in [0.2, 0.25) is 0 Å². The molecule has 64 valence electrons. The lowest BCUT2D eigenvalue weighted by atomic mass is 9.95. The molecule has 0 saturated heterocycles. The van der Waals surface area contributed by atoms with Gasteiger partial charge in [-0.3, -0.25) is 0 Å². The highest BCUT2D eigenvalue weighted by atomic mass is 16.5. The Morgan fingerprint density at radius 1 is 1.50 bits per heavy atom. The normalized spacial score (nSPS) is 9.83. The number of aryl methyl sites for hydroxylation is 1. The van der Waals surface area contributed by atoms with Gasteiger partial charge in [0, 0.05) is 0 Å². The van der Waals surface area contributed by atoms with Crippen LogP contribution in [0.25, 0.3) is 0 Å². The standard InChI is InChI=1S/C9H13BO2/c1-6-3-7(5-10)4-8(11)9(6)12-2/h3-4,11H,5,10H2,1-2H3. The van der Waals surface area contributed by atoms with Crippen molar-refractivity contribution >= 4 is 7.85 Å². The molecule has 12 heavy (non-hydrogen) atoms. The molecule has 0 unspecified atom stereocenters. The first-order valence-corrected chi connectivity index (χ1v) is 4.05. The molecule has 1 rings (SSSR count). The number of rotatable bonds is 2. The molecular weight excluding hydrogens is 151 g/mol. The summed E-state index contributed by atoms with van der Waals surface area (Å²) in [5, 5.41) is 9.48. The molecule has 0 amide bonds. The zero-order chi connectivity index (χ0) is 9.14. The van der Waals surface area contributed by atoms with Crippen LogP contribution in [0.4, 0.5) is 0 Å². The van der Waals surface area contributed by atoms with Gasteiger partial charge in [0.2, 0.25) is 0 Å². The third-order valence-electron chi connectivity index (χ3n) is 1.93. The number of benzene rings is 1. The van der Waals surface area contributed by atoms with E-state index in [1.807, 2.05) is 13.0 Å². The molecule has 0 aliphatic rings. The molecule has 1 N–H and O–H groups in total. The molecule has 1 aromatic rings. The quantitative estimate of drug-likeness (QED) is 0.656. The molecule has 2 nitrogen and oxygen atoms in total. The average Bonchev–Trinajstić information content (AvgIpc) is 2.03. The van der Waals surface area contributed by atoms with Crippen molar-refractivity contribution in [3.8, 4) is 11.5 Å². The second-order valence-corrected chi connectivity index (χ2v) is 2.82. The zero-order valence-corrected chi connectivity index (χ0v) is 7.72. The lowest BCUT2D eigenvalue weighted by Gasteiger charge is -2.08. The van der Waals surface area contributed by atoms with E-state index in [-0.39, 0.29) is 5.75 Å². The lowest BCUT2D eigenvalue weighted by molar-refractivity contribution is 0.370. The molecule has 0 saturated carbocycles. The van der Waals surface area contributed by atoms with E-state index < -0.39 is 0 Å². The molecule has 0 heterocycles. The fraction of sp³-hybridized carbons (Fsp3) is 0.333. The van der Waals surface area contributed by atoms with Crippen molar-refractivity contribution in [2.75, 3.05) is 7.11 Å². The smallest absolute Gasteiger partial charge is 0.163 e. The van der Waals surface area contributed by atoms with Crippen molar-refractivity contribution in [2.24, 2.45) is 0 Å². The van der Waals surface area contributed by atoms with Gasteiger partial charge in [0.15, 0.2) is 11.5 Å². The van der Waals surface area contributed by atoms with Gasteiger partial charge in [-0.1, -0.05) is 17.9 Å². The van der Waals surface area contributed by atoms with Crippen molar-refractivity contribution in [1.82, 2.24) is 0 Å². The Morgan fingerprint density at radius 2 is 2.17 bits per heavy atom. The van der Waals surface area contributed by atoms with Gasteiger partial charge in [0.25, 0.3) is 0 Å². The molecule has 0 fully saturated rings. The summed E-state index contributed by atoms with van der Waals surface area (Å²) in [6.45, 7) is 1.93. The van der Waals surface area contributed by atoms with Crippen LogP contribution in [-0.2, 0) is 6.32 Å². The number of ether oxygens (including phenoxy) is 1. The number of phenolic OH excluding ortho intramolecular Hbond substituents is 1. The molecule has 3 heteroatoms. The summed E-state index contributed by atoms with van der Waals surface area (Å²) in [5.74, 6) is 0.807. The van der Waals surface area contributed by atoms with Crippen molar-refractivity contribution in [1.29, 1.82) is 0 Å². The third-order valence-corrected chi connectivity index (χ3v) is 1.93. The average molecular weight is 164 g/mol. The summed E-state index contributed by atoms with van der Waals surface area (Å²) in [5.41, 5.74) is 2.11. The first kappa shape index (κ1) is 8.98. The molecule has 0 aliphatic carbocycles. The first-order chi connectivity index (χ1) is 5.69. The van der Waals surface area contributed by atoms with Crippen molar-refractivity contribution in [3.05, 3.63) is 23.3 Å². The highest BCUT2D eigenvalue weighted by Crippen LogP contribution is 2.30. The van der Waals surface area contributed by atoms with E-state index >= 15 is 0 Å². The van der Waals surface area contributed by atoms with Crippen LogP contribution >= 0.6 is 0 Å². The van der Waals surface area contributed by atoms with E-state index in [9.17, 15) is 5.11 Å². The van der Waals surface area contributed by atoms with Gasteiger partial charge >= 0.3 is 0 Å². The molecule has 0 bridgehead atoms. The summed E-state index contributed by atoms with van der Waals surface area (Å²) in [4.78, 5) is 0. The molecule has 0 radical (unpaired) electrons. The summed E-state index contributed by atoms with van der Waals surface area (Å²) in [6.07, 6.45) is 0.929. The molecular formula is C9H13BO2. The van der Waals surface area contributed by atoms with Crippen LogP contribution in [0.1, 0.15) is 11.1 Å². The minimum atomic E-state index is 0.231. The molecule has 0 aromatic heterocycles. The zero-order valence-electron chi connectivity index (χ0n) is 7.72. The Balaban J connectivity index is 3.18. The molecule has 0 atom stereocenters. The summed E-state index contributed by atoms with van der Waals surface area (Å²) < 4.78 is 5.03. The highest BCUT2D eigenvalue weighted by molar-refractivity contribution is 6.08. The van der Waals surface area contributed by atoms with Gasteiger partial charge in [-0.2, -0.15) is 0 Å². The van der Waals surface area contributed by atoms with Gasteiger partial charge in [-0.15, -0.1) is 0 Å². The maximum absolute atomic E-state index is 9.48. The van der Waals surface area contributed by atoms with Crippen LogP contribution in [0, 0.1) is 6.92 Å². The number of hydrogen-bond donors (Lipinski definition) is 1. The van der Waals surface area contributed by atoms with E-state index in [1.165, 1.54) is 0 Å². The van der Waals surface area contributed by atoms with Gasteiger partial charge in [0.05, 0.1) is 7.11 Å². The SMILES string of the molecule is BCc1cc(C)c(OC)c(O)c1. The van der Waals surface area contributed by atoms with Crippen LogP contribution in [-0.4, -0.2) is 20.1 Å².